The Morgan fingerprint density at radius 3 is 2.61 bits per heavy atom. The number of nitrogens with one attached hydrogen (secondary N) is 1. The average Bonchev–Trinajstić information content (AvgIpc) is 3.29. The number of ether oxygens (including phenoxy) is 2. The number of halogens is 1. The van der Waals surface area contributed by atoms with E-state index in [2.05, 4.69) is 19.2 Å². The van der Waals surface area contributed by atoms with Crippen LogP contribution in [0.25, 0.3) is 0 Å². The van der Waals surface area contributed by atoms with Gasteiger partial charge in [-0.2, -0.15) is 4.98 Å². The molecule has 0 radical (unpaired) electrons. The number of thioether (sulfide) groups is 1. The van der Waals surface area contributed by atoms with Crippen molar-refractivity contribution in [1.82, 2.24) is 14.8 Å². The topological polar surface area (TPSA) is 78.3 Å². The molecule has 0 saturated carbocycles. The lowest BCUT2D eigenvalue weighted by molar-refractivity contribution is -0.139. The molecule has 7 nitrogen and oxygen atoms in total. The normalized spacial score (nSPS) is 14.8. The molecule has 1 aromatic heterocycles. The second-order valence-corrected chi connectivity index (χ2v) is 9.87. The summed E-state index contributed by atoms with van der Waals surface area (Å²) in [5.74, 6) is 1.65. The van der Waals surface area contributed by atoms with Crippen LogP contribution in [0.5, 0.6) is 5.75 Å². The summed E-state index contributed by atoms with van der Waals surface area (Å²) in [6.07, 6.45) is 2.70. The van der Waals surface area contributed by atoms with Crippen LogP contribution in [0.2, 0.25) is 5.02 Å². The third-order valence-electron chi connectivity index (χ3n) is 5.77. The van der Waals surface area contributed by atoms with E-state index < -0.39 is 6.04 Å². The average molecular weight is 527 g/mol. The van der Waals surface area contributed by atoms with Crippen LogP contribution in [0.4, 0.5) is 5.95 Å². The smallest absolute Gasteiger partial charge is 0.338 e. The molecule has 1 aliphatic heterocycles. The number of nitrogens with zero attached hydrogens (tertiary/aromatic N) is 3. The number of carbonyl (C=O) groups is 1. The molecule has 190 valence electrons. The van der Waals surface area contributed by atoms with E-state index in [-0.39, 0.29) is 5.97 Å². The van der Waals surface area contributed by atoms with E-state index in [4.69, 9.17) is 31.2 Å². The molecule has 4 rings (SSSR count). The van der Waals surface area contributed by atoms with Gasteiger partial charge < -0.3 is 14.8 Å². The van der Waals surface area contributed by atoms with E-state index in [9.17, 15) is 4.79 Å². The summed E-state index contributed by atoms with van der Waals surface area (Å²) in [4.78, 5) is 17.9. The van der Waals surface area contributed by atoms with Crippen LogP contribution in [0, 0.1) is 0 Å². The fraction of sp³-hybridized carbons (Fsp3) is 0.370. The summed E-state index contributed by atoms with van der Waals surface area (Å²) < 4.78 is 13.1. The first-order valence-electron chi connectivity index (χ1n) is 12.2. The minimum atomic E-state index is -0.474. The van der Waals surface area contributed by atoms with Crippen molar-refractivity contribution in [3.63, 3.8) is 0 Å². The molecular formula is C27H31ClN4O3S. The quantitative estimate of drug-likeness (QED) is 0.170. The first-order chi connectivity index (χ1) is 17.5. The summed E-state index contributed by atoms with van der Waals surface area (Å²) in [6.45, 7) is 7.04. The number of unbranched alkanes of at least 4 members (excludes halogenated alkanes) is 1. The van der Waals surface area contributed by atoms with Gasteiger partial charge in [0.2, 0.25) is 11.1 Å². The van der Waals surface area contributed by atoms with E-state index in [1.807, 2.05) is 55.5 Å². The zero-order valence-electron chi connectivity index (χ0n) is 20.8. The van der Waals surface area contributed by atoms with Crippen molar-refractivity contribution in [2.75, 3.05) is 18.5 Å². The molecule has 0 amide bonds. The van der Waals surface area contributed by atoms with E-state index >= 15 is 0 Å². The third-order valence-corrected chi connectivity index (χ3v) is 7.02. The highest BCUT2D eigenvalue weighted by Crippen LogP contribution is 2.37. The molecule has 3 aromatic rings. The van der Waals surface area contributed by atoms with Crippen LogP contribution in [-0.2, 0) is 15.3 Å². The van der Waals surface area contributed by atoms with Gasteiger partial charge >= 0.3 is 5.97 Å². The van der Waals surface area contributed by atoms with Crippen LogP contribution >= 0.6 is 23.4 Å². The minimum Gasteiger partial charge on any atom is -0.494 e. The molecular weight excluding hydrogens is 496 g/mol. The van der Waals surface area contributed by atoms with Gasteiger partial charge in [0.1, 0.15) is 11.8 Å². The molecule has 9 heteroatoms. The molecule has 0 bridgehead atoms. The number of fused-ring (bicyclic) bond motifs is 1. The van der Waals surface area contributed by atoms with Crippen LogP contribution < -0.4 is 10.1 Å². The first-order valence-corrected chi connectivity index (χ1v) is 13.6. The summed E-state index contributed by atoms with van der Waals surface area (Å²) in [5.41, 5.74) is 3.14. The first kappa shape index (κ1) is 26.1. The van der Waals surface area contributed by atoms with Crippen LogP contribution in [0.3, 0.4) is 0 Å². The van der Waals surface area contributed by atoms with Gasteiger partial charge in [-0.3, -0.25) is 0 Å². The maximum absolute atomic E-state index is 13.2. The third kappa shape index (κ3) is 6.05. The predicted molar refractivity (Wildman–Crippen MR) is 144 cm³/mol. The summed E-state index contributed by atoms with van der Waals surface area (Å²) >= 11 is 7.82. The number of allylic oxidation sites excluding steroid dienone is 1. The van der Waals surface area contributed by atoms with Crippen molar-refractivity contribution in [2.45, 2.75) is 57.0 Å². The van der Waals surface area contributed by atoms with Crippen LogP contribution in [0.15, 0.2) is 65.0 Å². The second kappa shape index (κ2) is 12.3. The van der Waals surface area contributed by atoms with Gasteiger partial charge in [0.05, 0.1) is 18.8 Å². The van der Waals surface area contributed by atoms with Gasteiger partial charge in [-0.1, -0.05) is 74.0 Å². The summed E-state index contributed by atoms with van der Waals surface area (Å²) in [5, 5.41) is 9.34. The molecule has 2 heterocycles. The SMILES string of the molecule is CCCCOC(=O)C1=C(C)Nc2nc(SCc3ccccc3Cl)nn2C1c1ccc(OCCC)cc1. The van der Waals surface area contributed by atoms with Crippen molar-refractivity contribution in [2.24, 2.45) is 0 Å². The van der Waals surface area contributed by atoms with Crippen molar-refractivity contribution < 1.29 is 14.3 Å². The Labute approximate surface area is 221 Å². The highest BCUT2D eigenvalue weighted by atomic mass is 35.5. The van der Waals surface area contributed by atoms with Crippen LogP contribution in [-0.4, -0.2) is 33.9 Å². The highest BCUT2D eigenvalue weighted by molar-refractivity contribution is 7.98. The Morgan fingerprint density at radius 2 is 1.89 bits per heavy atom. The van der Waals surface area contributed by atoms with Gasteiger partial charge in [-0.05, 0) is 49.1 Å². The van der Waals surface area contributed by atoms with Gasteiger partial charge in [0.15, 0.2) is 0 Å². The number of esters is 1. The maximum atomic E-state index is 13.2. The number of benzene rings is 2. The Bertz CT molecular complexity index is 1230. The molecule has 1 N–H and O–H groups in total. The lowest BCUT2D eigenvalue weighted by atomic mass is 9.96. The number of aromatic nitrogens is 3. The largest absolute Gasteiger partial charge is 0.494 e. The Morgan fingerprint density at radius 1 is 1.11 bits per heavy atom. The highest BCUT2D eigenvalue weighted by Gasteiger charge is 2.35. The molecule has 36 heavy (non-hydrogen) atoms. The molecule has 1 aliphatic rings. The Balaban J connectivity index is 1.65. The van der Waals surface area contributed by atoms with E-state index in [1.54, 1.807) is 4.68 Å². The van der Waals surface area contributed by atoms with Crippen molar-refractivity contribution in [3.8, 4) is 5.75 Å². The van der Waals surface area contributed by atoms with Crippen molar-refractivity contribution in [1.29, 1.82) is 0 Å². The van der Waals surface area contributed by atoms with E-state index in [0.29, 0.717) is 46.4 Å². The van der Waals surface area contributed by atoms with E-state index in [0.717, 1.165) is 36.1 Å². The molecule has 0 aliphatic carbocycles. The Kier molecular flexibility index (Phi) is 8.93. The minimum absolute atomic E-state index is 0.351. The second-order valence-electron chi connectivity index (χ2n) is 8.52. The van der Waals surface area contributed by atoms with Gasteiger partial charge in [0.25, 0.3) is 0 Å². The number of anilines is 1. The Hall–Kier alpha value is -2.97. The number of hydrogen-bond acceptors (Lipinski definition) is 7. The van der Waals surface area contributed by atoms with E-state index in [1.165, 1.54) is 11.8 Å². The molecule has 2 aromatic carbocycles. The predicted octanol–water partition coefficient (Wildman–Crippen LogP) is 6.64. The van der Waals surface area contributed by atoms with Crippen molar-refractivity contribution >= 4 is 35.3 Å². The van der Waals surface area contributed by atoms with Crippen LogP contribution in [0.1, 0.15) is 57.2 Å². The summed E-state index contributed by atoms with van der Waals surface area (Å²) in [7, 11) is 0. The monoisotopic (exact) mass is 526 g/mol. The number of rotatable bonds is 11. The fourth-order valence-corrected chi connectivity index (χ4v) is 4.99. The summed E-state index contributed by atoms with van der Waals surface area (Å²) in [6, 6.07) is 15.0. The van der Waals surface area contributed by atoms with Gasteiger partial charge in [0, 0.05) is 16.5 Å². The van der Waals surface area contributed by atoms with Gasteiger partial charge in [-0.15, -0.1) is 5.10 Å². The fourth-order valence-electron chi connectivity index (χ4n) is 3.88. The molecule has 0 saturated heterocycles. The number of carbonyl (C=O) groups excluding carboxylic acids is 1. The molecule has 1 atom stereocenters. The lowest BCUT2D eigenvalue weighted by Gasteiger charge is -2.28. The molecule has 0 fully saturated rings. The molecule has 0 spiro atoms. The van der Waals surface area contributed by atoms with Crippen molar-refractivity contribution in [3.05, 3.63) is 76.0 Å². The van der Waals surface area contributed by atoms with Gasteiger partial charge in [-0.25, -0.2) is 9.48 Å². The standard InChI is InChI=1S/C27H31ClN4O3S/c1-4-6-16-35-25(33)23-18(3)29-26-30-27(36-17-20-9-7-8-10-22(20)28)31-32(26)24(23)19-11-13-21(14-12-19)34-15-5-2/h7-14,24H,4-6,15-17H2,1-3H3,(H,29,30,31). The zero-order chi connectivity index (χ0) is 25.5. The zero-order valence-corrected chi connectivity index (χ0v) is 22.4. The number of hydrogen-bond donors (Lipinski definition) is 1. The molecule has 1 unspecified atom stereocenters. The lowest BCUT2D eigenvalue weighted by Crippen LogP contribution is -2.29. The maximum Gasteiger partial charge on any atom is 0.338 e.